The molecule has 0 radical (unpaired) electrons. The lowest BCUT2D eigenvalue weighted by molar-refractivity contribution is 0.0785. The van der Waals surface area contributed by atoms with Crippen LogP contribution in [0, 0.1) is 6.92 Å². The van der Waals surface area contributed by atoms with E-state index in [0.29, 0.717) is 17.1 Å². The number of pyridine rings is 1. The molecule has 1 aliphatic heterocycles. The number of amides is 1. The molecule has 100 valence electrons. The van der Waals surface area contributed by atoms with Gasteiger partial charge in [0.05, 0.1) is 12.8 Å². The number of fused-ring (bicyclic) bond motifs is 1. The number of carbonyl (C=O) groups is 1. The van der Waals surface area contributed by atoms with Crippen LogP contribution in [0.3, 0.4) is 0 Å². The number of hydrogen-bond acceptors (Lipinski definition) is 3. The Morgan fingerprint density at radius 1 is 1.37 bits per heavy atom. The van der Waals surface area contributed by atoms with Gasteiger partial charge in [0.15, 0.2) is 11.4 Å². The lowest BCUT2D eigenvalue weighted by atomic mass is 10.3. The van der Waals surface area contributed by atoms with E-state index in [1.807, 2.05) is 34.6 Å². The Bertz CT molecular complexity index is 627. The molecule has 0 atom stereocenters. The van der Waals surface area contributed by atoms with Crippen molar-refractivity contribution in [2.45, 2.75) is 19.8 Å². The number of nitrogens with zero attached hydrogens (tertiary/aromatic N) is 3. The number of rotatable bonds is 2. The van der Waals surface area contributed by atoms with E-state index in [1.54, 1.807) is 7.11 Å². The molecule has 0 N–H and O–H groups in total. The quantitative estimate of drug-likeness (QED) is 0.827. The van der Waals surface area contributed by atoms with Gasteiger partial charge in [0, 0.05) is 19.3 Å². The topological polar surface area (TPSA) is 46.8 Å². The summed E-state index contributed by atoms with van der Waals surface area (Å²) in [6.45, 7) is 3.56. The standard InChI is InChI=1S/C14H17N3O2/c1-10-12(14(18)16-7-3-4-8-16)17-9-5-6-11(19-2)13(17)15-10/h5-6,9H,3-4,7-8H2,1-2H3. The molecule has 19 heavy (non-hydrogen) atoms. The van der Waals surface area contributed by atoms with Gasteiger partial charge in [0.1, 0.15) is 5.69 Å². The fraction of sp³-hybridized carbons (Fsp3) is 0.429. The van der Waals surface area contributed by atoms with Crippen molar-refractivity contribution in [1.29, 1.82) is 0 Å². The Morgan fingerprint density at radius 3 is 2.79 bits per heavy atom. The van der Waals surface area contributed by atoms with E-state index in [2.05, 4.69) is 4.98 Å². The maximum Gasteiger partial charge on any atom is 0.272 e. The highest BCUT2D eigenvalue weighted by molar-refractivity contribution is 5.95. The zero-order chi connectivity index (χ0) is 13.4. The van der Waals surface area contributed by atoms with Crippen LogP contribution >= 0.6 is 0 Å². The van der Waals surface area contributed by atoms with Gasteiger partial charge in [0.2, 0.25) is 0 Å². The minimum absolute atomic E-state index is 0.0655. The van der Waals surface area contributed by atoms with Crippen LogP contribution in [-0.4, -0.2) is 40.4 Å². The van der Waals surface area contributed by atoms with Crippen molar-refractivity contribution in [3.8, 4) is 5.75 Å². The number of aryl methyl sites for hydroxylation is 1. The first-order valence-electron chi connectivity index (χ1n) is 6.53. The first kappa shape index (κ1) is 12.0. The van der Waals surface area contributed by atoms with Crippen molar-refractivity contribution in [2.75, 3.05) is 20.2 Å². The van der Waals surface area contributed by atoms with Crippen LogP contribution in [0.5, 0.6) is 5.75 Å². The first-order chi connectivity index (χ1) is 9.22. The van der Waals surface area contributed by atoms with Crippen molar-refractivity contribution in [1.82, 2.24) is 14.3 Å². The summed E-state index contributed by atoms with van der Waals surface area (Å²) in [7, 11) is 1.61. The highest BCUT2D eigenvalue weighted by Gasteiger charge is 2.25. The molecule has 3 heterocycles. The molecular formula is C14H17N3O2. The normalized spacial score (nSPS) is 15.2. The molecule has 0 aliphatic carbocycles. The summed E-state index contributed by atoms with van der Waals surface area (Å²) < 4.78 is 7.12. The zero-order valence-electron chi connectivity index (χ0n) is 11.2. The molecule has 2 aromatic heterocycles. The van der Waals surface area contributed by atoms with E-state index in [1.165, 1.54) is 0 Å². The Hall–Kier alpha value is -2.04. The molecule has 0 unspecified atom stereocenters. The summed E-state index contributed by atoms with van der Waals surface area (Å²) in [5.74, 6) is 0.752. The number of aromatic nitrogens is 2. The van der Waals surface area contributed by atoms with E-state index in [4.69, 9.17) is 4.74 Å². The number of likely N-dealkylation sites (tertiary alicyclic amines) is 1. The Morgan fingerprint density at radius 2 is 2.11 bits per heavy atom. The molecule has 5 heteroatoms. The van der Waals surface area contributed by atoms with Crippen LogP contribution in [0.15, 0.2) is 18.3 Å². The van der Waals surface area contributed by atoms with Crippen LogP contribution < -0.4 is 4.74 Å². The van der Waals surface area contributed by atoms with E-state index in [-0.39, 0.29) is 5.91 Å². The first-order valence-corrected chi connectivity index (χ1v) is 6.53. The number of carbonyl (C=O) groups excluding carboxylic acids is 1. The molecule has 0 saturated carbocycles. The van der Waals surface area contributed by atoms with E-state index in [0.717, 1.165) is 31.6 Å². The molecule has 1 amide bonds. The van der Waals surface area contributed by atoms with E-state index in [9.17, 15) is 4.79 Å². The average molecular weight is 259 g/mol. The number of ether oxygens (including phenoxy) is 1. The fourth-order valence-corrected chi connectivity index (χ4v) is 2.64. The molecular weight excluding hydrogens is 242 g/mol. The highest BCUT2D eigenvalue weighted by atomic mass is 16.5. The summed E-state index contributed by atoms with van der Waals surface area (Å²) in [5.41, 5.74) is 2.10. The molecule has 0 bridgehead atoms. The molecule has 3 rings (SSSR count). The Labute approximate surface area is 111 Å². The summed E-state index contributed by atoms with van der Waals surface area (Å²) >= 11 is 0. The second-order valence-corrected chi connectivity index (χ2v) is 4.82. The summed E-state index contributed by atoms with van der Waals surface area (Å²) in [6.07, 6.45) is 4.04. The summed E-state index contributed by atoms with van der Waals surface area (Å²) in [4.78, 5) is 18.9. The van der Waals surface area contributed by atoms with Crippen molar-refractivity contribution in [3.63, 3.8) is 0 Å². The zero-order valence-corrected chi connectivity index (χ0v) is 11.2. The van der Waals surface area contributed by atoms with E-state index < -0.39 is 0 Å². The van der Waals surface area contributed by atoms with Crippen LogP contribution in [0.1, 0.15) is 29.0 Å². The van der Waals surface area contributed by atoms with Crippen LogP contribution in [0.2, 0.25) is 0 Å². The summed E-state index contributed by atoms with van der Waals surface area (Å²) in [6, 6.07) is 3.72. The van der Waals surface area contributed by atoms with Gasteiger partial charge in [-0.25, -0.2) is 4.98 Å². The molecule has 0 aromatic carbocycles. The third kappa shape index (κ3) is 1.85. The molecule has 0 spiro atoms. The third-order valence-corrected chi connectivity index (χ3v) is 3.60. The second-order valence-electron chi connectivity index (χ2n) is 4.82. The predicted molar refractivity (Wildman–Crippen MR) is 71.6 cm³/mol. The largest absolute Gasteiger partial charge is 0.493 e. The molecule has 5 nitrogen and oxygen atoms in total. The minimum Gasteiger partial charge on any atom is -0.493 e. The van der Waals surface area contributed by atoms with Gasteiger partial charge in [-0.15, -0.1) is 0 Å². The molecule has 1 aliphatic rings. The molecule has 1 fully saturated rings. The fourth-order valence-electron chi connectivity index (χ4n) is 2.64. The maximum absolute atomic E-state index is 12.6. The Kier molecular flexibility index (Phi) is 2.89. The van der Waals surface area contributed by atoms with Crippen molar-refractivity contribution < 1.29 is 9.53 Å². The summed E-state index contributed by atoms with van der Waals surface area (Å²) in [5, 5.41) is 0. The Balaban J connectivity index is 2.12. The minimum atomic E-state index is 0.0655. The van der Waals surface area contributed by atoms with Crippen LogP contribution in [-0.2, 0) is 0 Å². The van der Waals surface area contributed by atoms with Gasteiger partial charge in [-0.2, -0.15) is 0 Å². The highest BCUT2D eigenvalue weighted by Crippen LogP contribution is 2.23. The van der Waals surface area contributed by atoms with Crippen molar-refractivity contribution in [3.05, 3.63) is 29.7 Å². The van der Waals surface area contributed by atoms with Crippen molar-refractivity contribution >= 4 is 11.6 Å². The third-order valence-electron chi connectivity index (χ3n) is 3.60. The van der Waals surface area contributed by atoms with Gasteiger partial charge in [0.25, 0.3) is 5.91 Å². The van der Waals surface area contributed by atoms with E-state index >= 15 is 0 Å². The second kappa shape index (κ2) is 4.57. The number of imidazole rings is 1. The van der Waals surface area contributed by atoms with Crippen molar-refractivity contribution in [2.24, 2.45) is 0 Å². The molecule has 2 aromatic rings. The van der Waals surface area contributed by atoms with Crippen LogP contribution in [0.4, 0.5) is 0 Å². The van der Waals surface area contributed by atoms with Crippen LogP contribution in [0.25, 0.3) is 5.65 Å². The lowest BCUT2D eigenvalue weighted by Crippen LogP contribution is -2.29. The van der Waals surface area contributed by atoms with Gasteiger partial charge < -0.3 is 9.64 Å². The number of hydrogen-bond donors (Lipinski definition) is 0. The average Bonchev–Trinajstić information content (AvgIpc) is 3.04. The monoisotopic (exact) mass is 259 g/mol. The van der Waals surface area contributed by atoms with Gasteiger partial charge in [-0.3, -0.25) is 9.20 Å². The smallest absolute Gasteiger partial charge is 0.272 e. The number of methoxy groups -OCH3 is 1. The van der Waals surface area contributed by atoms with Gasteiger partial charge in [-0.05, 0) is 31.9 Å². The molecule has 1 saturated heterocycles. The lowest BCUT2D eigenvalue weighted by Gasteiger charge is -2.15. The van der Waals surface area contributed by atoms with Gasteiger partial charge >= 0.3 is 0 Å². The SMILES string of the molecule is COc1cccn2c(C(=O)N3CCCC3)c(C)nc12. The predicted octanol–water partition coefficient (Wildman–Crippen LogP) is 1.89. The van der Waals surface area contributed by atoms with Gasteiger partial charge in [-0.1, -0.05) is 0 Å². The maximum atomic E-state index is 12.6.